The maximum Gasteiger partial charge on any atom is 0.328 e. The number of halogens is 1. The van der Waals surface area contributed by atoms with Gasteiger partial charge in [0.25, 0.3) is 5.91 Å². The standard InChI is InChI=1S/C20H18FNO6/c1-25-20(24)15-9-13(28-16-5-3-2-4-14(16)21)10-22(15)19(23)12-6-7-17-18(8-12)27-11-26-17/h2-8,13,15H,9-11H2,1H3. The van der Waals surface area contributed by atoms with Gasteiger partial charge in [-0.2, -0.15) is 0 Å². The highest BCUT2D eigenvalue weighted by molar-refractivity contribution is 5.97. The molecular formula is C20H18FNO6. The number of carbonyl (C=O) groups is 2. The van der Waals surface area contributed by atoms with Crippen LogP contribution in [0.4, 0.5) is 4.39 Å². The van der Waals surface area contributed by atoms with Crippen LogP contribution in [0, 0.1) is 5.82 Å². The number of rotatable bonds is 4. The molecule has 0 bridgehead atoms. The molecule has 2 aliphatic rings. The SMILES string of the molecule is COC(=O)C1CC(Oc2ccccc2F)CN1C(=O)c1ccc2c(c1)OCO2. The van der Waals surface area contributed by atoms with E-state index in [1.165, 1.54) is 24.1 Å². The lowest BCUT2D eigenvalue weighted by Crippen LogP contribution is -2.41. The number of esters is 1. The van der Waals surface area contributed by atoms with Crippen LogP contribution >= 0.6 is 0 Å². The molecule has 1 amide bonds. The van der Waals surface area contributed by atoms with E-state index in [-0.39, 0.29) is 31.4 Å². The molecule has 8 heteroatoms. The molecule has 4 rings (SSSR count). The topological polar surface area (TPSA) is 74.3 Å². The summed E-state index contributed by atoms with van der Waals surface area (Å²) in [5.74, 6) is -0.310. The number of methoxy groups -OCH3 is 1. The van der Waals surface area contributed by atoms with Crippen LogP contribution in [0.1, 0.15) is 16.8 Å². The monoisotopic (exact) mass is 387 g/mol. The minimum atomic E-state index is -0.820. The van der Waals surface area contributed by atoms with Gasteiger partial charge in [0, 0.05) is 12.0 Å². The van der Waals surface area contributed by atoms with Crippen LogP contribution in [-0.2, 0) is 9.53 Å². The van der Waals surface area contributed by atoms with Crippen LogP contribution in [0.2, 0.25) is 0 Å². The zero-order chi connectivity index (χ0) is 19.7. The third-order valence-corrected chi connectivity index (χ3v) is 4.75. The molecule has 146 valence electrons. The summed E-state index contributed by atoms with van der Waals surface area (Å²) in [6.45, 7) is 0.224. The van der Waals surface area contributed by atoms with E-state index in [4.69, 9.17) is 18.9 Å². The second-order valence-corrected chi connectivity index (χ2v) is 6.47. The first-order valence-corrected chi connectivity index (χ1v) is 8.76. The molecule has 28 heavy (non-hydrogen) atoms. The minimum Gasteiger partial charge on any atom is -0.485 e. The molecule has 2 aromatic rings. The van der Waals surface area contributed by atoms with E-state index in [1.807, 2.05) is 0 Å². The molecular weight excluding hydrogens is 369 g/mol. The fourth-order valence-electron chi connectivity index (χ4n) is 3.38. The summed E-state index contributed by atoms with van der Waals surface area (Å²) in [5, 5.41) is 0. The van der Waals surface area contributed by atoms with Crippen molar-refractivity contribution >= 4 is 11.9 Å². The van der Waals surface area contributed by atoms with Crippen LogP contribution < -0.4 is 14.2 Å². The number of para-hydroxylation sites is 1. The van der Waals surface area contributed by atoms with Crippen LogP contribution in [0.5, 0.6) is 17.2 Å². The van der Waals surface area contributed by atoms with Gasteiger partial charge in [0.2, 0.25) is 6.79 Å². The maximum atomic E-state index is 13.9. The molecule has 2 aliphatic heterocycles. The van der Waals surface area contributed by atoms with E-state index >= 15 is 0 Å². The molecule has 2 atom stereocenters. The largest absolute Gasteiger partial charge is 0.485 e. The Morgan fingerprint density at radius 2 is 1.93 bits per heavy atom. The smallest absolute Gasteiger partial charge is 0.328 e. The van der Waals surface area contributed by atoms with Crippen molar-refractivity contribution in [2.45, 2.75) is 18.6 Å². The molecule has 0 N–H and O–H groups in total. The van der Waals surface area contributed by atoms with Crippen LogP contribution in [0.15, 0.2) is 42.5 Å². The number of nitrogens with zero attached hydrogens (tertiary/aromatic N) is 1. The van der Waals surface area contributed by atoms with Gasteiger partial charge in [-0.3, -0.25) is 4.79 Å². The zero-order valence-electron chi connectivity index (χ0n) is 15.1. The van der Waals surface area contributed by atoms with Crippen molar-refractivity contribution in [2.75, 3.05) is 20.4 Å². The predicted molar refractivity (Wildman–Crippen MR) is 94.8 cm³/mol. The summed E-state index contributed by atoms with van der Waals surface area (Å²) in [6, 6.07) is 10.0. The molecule has 0 aliphatic carbocycles. The third-order valence-electron chi connectivity index (χ3n) is 4.75. The number of likely N-dealkylation sites (tertiary alicyclic amines) is 1. The third kappa shape index (κ3) is 3.33. The molecule has 2 unspecified atom stereocenters. The quantitative estimate of drug-likeness (QED) is 0.750. The van der Waals surface area contributed by atoms with Crippen LogP contribution in [0.3, 0.4) is 0 Å². The highest BCUT2D eigenvalue weighted by atomic mass is 19.1. The van der Waals surface area contributed by atoms with Gasteiger partial charge in [0.15, 0.2) is 23.1 Å². The Bertz CT molecular complexity index is 917. The average Bonchev–Trinajstić information content (AvgIpc) is 3.35. The predicted octanol–water partition coefficient (Wildman–Crippen LogP) is 2.39. The van der Waals surface area contributed by atoms with Gasteiger partial charge in [0.05, 0.1) is 13.7 Å². The van der Waals surface area contributed by atoms with Gasteiger partial charge in [-0.15, -0.1) is 0 Å². The van der Waals surface area contributed by atoms with E-state index < -0.39 is 23.9 Å². The Hall–Kier alpha value is -3.29. The van der Waals surface area contributed by atoms with Crippen molar-refractivity contribution in [3.63, 3.8) is 0 Å². The Balaban J connectivity index is 1.56. The average molecular weight is 387 g/mol. The van der Waals surface area contributed by atoms with Crippen molar-refractivity contribution in [3.05, 3.63) is 53.8 Å². The number of fused-ring (bicyclic) bond motifs is 1. The number of carbonyl (C=O) groups excluding carboxylic acids is 2. The van der Waals surface area contributed by atoms with Crippen molar-refractivity contribution in [2.24, 2.45) is 0 Å². The molecule has 1 saturated heterocycles. The summed E-state index contributed by atoms with van der Waals surface area (Å²) < 4.78 is 35.0. The lowest BCUT2D eigenvalue weighted by molar-refractivity contribution is -0.145. The van der Waals surface area contributed by atoms with Gasteiger partial charge in [-0.25, -0.2) is 9.18 Å². The van der Waals surface area contributed by atoms with E-state index in [1.54, 1.807) is 30.3 Å². The van der Waals surface area contributed by atoms with E-state index in [0.717, 1.165) is 0 Å². The van der Waals surface area contributed by atoms with Gasteiger partial charge >= 0.3 is 5.97 Å². The molecule has 0 saturated carbocycles. The zero-order valence-corrected chi connectivity index (χ0v) is 15.1. The van der Waals surface area contributed by atoms with Crippen molar-refractivity contribution in [1.29, 1.82) is 0 Å². The summed E-state index contributed by atoms with van der Waals surface area (Å²) in [6.07, 6.45) is -0.337. The molecule has 2 aromatic carbocycles. The fourth-order valence-corrected chi connectivity index (χ4v) is 3.38. The van der Waals surface area contributed by atoms with E-state index in [9.17, 15) is 14.0 Å². The number of hydrogen-bond donors (Lipinski definition) is 0. The van der Waals surface area contributed by atoms with Crippen LogP contribution in [-0.4, -0.2) is 49.4 Å². The normalized spacial score (nSPS) is 20.1. The minimum absolute atomic E-state index is 0.0773. The summed E-state index contributed by atoms with van der Waals surface area (Å²) in [5.41, 5.74) is 0.352. The Morgan fingerprint density at radius 3 is 2.71 bits per heavy atom. The first-order valence-electron chi connectivity index (χ1n) is 8.76. The second-order valence-electron chi connectivity index (χ2n) is 6.47. The maximum absolute atomic E-state index is 13.9. The fraction of sp³-hybridized carbons (Fsp3) is 0.300. The summed E-state index contributed by atoms with van der Waals surface area (Å²) in [4.78, 5) is 26.6. The first kappa shape index (κ1) is 18.1. The van der Waals surface area contributed by atoms with Crippen molar-refractivity contribution in [3.8, 4) is 17.2 Å². The Morgan fingerprint density at radius 1 is 1.14 bits per heavy atom. The Kier molecular flexibility index (Phi) is 4.77. The molecule has 0 spiro atoms. The molecule has 2 heterocycles. The molecule has 1 fully saturated rings. The molecule has 7 nitrogen and oxygen atoms in total. The van der Waals surface area contributed by atoms with Crippen LogP contribution in [0.25, 0.3) is 0 Å². The van der Waals surface area contributed by atoms with Gasteiger partial charge < -0.3 is 23.8 Å². The van der Waals surface area contributed by atoms with Crippen molar-refractivity contribution < 1.29 is 32.9 Å². The molecule has 0 radical (unpaired) electrons. The van der Waals surface area contributed by atoms with Gasteiger partial charge in [-0.05, 0) is 30.3 Å². The highest BCUT2D eigenvalue weighted by Crippen LogP contribution is 2.34. The lowest BCUT2D eigenvalue weighted by atomic mass is 10.1. The summed E-state index contributed by atoms with van der Waals surface area (Å²) in [7, 11) is 1.26. The highest BCUT2D eigenvalue weighted by Gasteiger charge is 2.42. The summed E-state index contributed by atoms with van der Waals surface area (Å²) >= 11 is 0. The van der Waals surface area contributed by atoms with Crippen molar-refractivity contribution in [1.82, 2.24) is 4.90 Å². The van der Waals surface area contributed by atoms with E-state index in [0.29, 0.717) is 17.1 Å². The van der Waals surface area contributed by atoms with E-state index in [2.05, 4.69) is 0 Å². The number of ether oxygens (including phenoxy) is 4. The number of hydrogen-bond acceptors (Lipinski definition) is 6. The van der Waals surface area contributed by atoms with Gasteiger partial charge in [0.1, 0.15) is 12.1 Å². The van der Waals surface area contributed by atoms with Gasteiger partial charge in [-0.1, -0.05) is 12.1 Å². The number of benzene rings is 2. The molecule has 0 aromatic heterocycles. The number of amides is 1. The second kappa shape index (κ2) is 7.38. The Labute approximate surface area is 160 Å². The first-order chi connectivity index (χ1) is 13.6. The lowest BCUT2D eigenvalue weighted by Gasteiger charge is -2.22.